The molecule has 0 saturated heterocycles. The van der Waals surface area contributed by atoms with Crippen LogP contribution in [0.2, 0.25) is 0 Å². The fraction of sp³-hybridized carbons (Fsp3) is 0.875. The predicted octanol–water partition coefficient (Wildman–Crippen LogP) is 19.6. The lowest BCUT2D eigenvalue weighted by Crippen LogP contribution is -2.45. The predicted molar refractivity (Wildman–Crippen MR) is 306 cm³/mol. The lowest BCUT2D eigenvalue weighted by atomic mass is 10.0. The number of esters is 1. The topological polar surface area (TPSA) is 95.9 Å². The van der Waals surface area contributed by atoms with Crippen LogP contribution in [0.3, 0.4) is 0 Å². The molecule has 6 nitrogen and oxygen atoms in total. The fourth-order valence-electron chi connectivity index (χ4n) is 9.61. The maximum absolute atomic E-state index is 12.4. The third kappa shape index (κ3) is 55.4. The second kappa shape index (κ2) is 59.6. The van der Waals surface area contributed by atoms with Gasteiger partial charge < -0.3 is 20.3 Å². The van der Waals surface area contributed by atoms with Crippen molar-refractivity contribution in [2.24, 2.45) is 0 Å². The number of nitrogens with one attached hydrogen (secondary N) is 1. The normalized spacial score (nSPS) is 12.8. The van der Waals surface area contributed by atoms with Crippen LogP contribution in [-0.4, -0.2) is 47.4 Å². The Hall–Kier alpha value is -1.92. The summed E-state index contributed by atoms with van der Waals surface area (Å²) in [6.45, 7) is 4.88. The summed E-state index contributed by atoms with van der Waals surface area (Å²) in [5, 5.41) is 23.1. The molecule has 412 valence electrons. The van der Waals surface area contributed by atoms with E-state index < -0.39 is 12.1 Å². The van der Waals surface area contributed by atoms with E-state index in [4.69, 9.17) is 4.74 Å². The van der Waals surface area contributed by atoms with Crippen LogP contribution < -0.4 is 5.32 Å². The number of unbranched alkanes of at least 4 members (excludes halogenated alkanes) is 43. The standard InChI is InChI=1S/C64H121NO5/c1-3-5-7-9-11-13-15-17-18-26-30-34-38-42-46-50-54-58-64(69)70-59-55-51-47-43-39-35-31-28-25-23-21-19-20-22-24-27-29-33-37-41-45-49-53-57-63(68)65-61(60-66)62(67)56-52-48-44-40-36-32-16-14-12-10-8-6-4-2/h11,13,17-18,52,56,61-62,66-67H,3-10,12,14-16,19-51,53-55,57-60H2,1-2H3,(H,65,68)/b13-11-,18-17-,56-52+. The van der Waals surface area contributed by atoms with Crippen LogP contribution in [0.5, 0.6) is 0 Å². The monoisotopic (exact) mass is 984 g/mol. The molecule has 2 unspecified atom stereocenters. The molecule has 1 amide bonds. The van der Waals surface area contributed by atoms with Gasteiger partial charge in [-0.3, -0.25) is 9.59 Å². The molecule has 0 aromatic carbocycles. The minimum atomic E-state index is -0.843. The van der Waals surface area contributed by atoms with E-state index in [-0.39, 0.29) is 18.5 Å². The van der Waals surface area contributed by atoms with Gasteiger partial charge in [0.15, 0.2) is 0 Å². The zero-order valence-corrected chi connectivity index (χ0v) is 47.0. The number of aliphatic hydroxyl groups excluding tert-OH is 2. The number of ether oxygens (including phenoxy) is 1. The van der Waals surface area contributed by atoms with Crippen molar-refractivity contribution in [3.63, 3.8) is 0 Å². The van der Waals surface area contributed by atoms with Crippen LogP contribution in [0, 0.1) is 0 Å². The Bertz CT molecular complexity index is 1130. The molecule has 0 aromatic heterocycles. The van der Waals surface area contributed by atoms with Crippen LogP contribution in [0.4, 0.5) is 0 Å². The number of amides is 1. The average Bonchev–Trinajstić information content (AvgIpc) is 3.36. The minimum Gasteiger partial charge on any atom is -0.466 e. The lowest BCUT2D eigenvalue weighted by molar-refractivity contribution is -0.143. The summed E-state index contributed by atoms with van der Waals surface area (Å²) in [5.41, 5.74) is 0. The highest BCUT2D eigenvalue weighted by molar-refractivity contribution is 5.76. The second-order valence-corrected chi connectivity index (χ2v) is 21.4. The van der Waals surface area contributed by atoms with Gasteiger partial charge in [-0.15, -0.1) is 0 Å². The van der Waals surface area contributed by atoms with Crippen LogP contribution in [0.15, 0.2) is 36.5 Å². The van der Waals surface area contributed by atoms with Gasteiger partial charge in [0.05, 0.1) is 25.4 Å². The maximum atomic E-state index is 12.4. The molecule has 2 atom stereocenters. The molecule has 0 rings (SSSR count). The highest BCUT2D eigenvalue weighted by atomic mass is 16.5. The van der Waals surface area contributed by atoms with Gasteiger partial charge in [0.2, 0.25) is 5.91 Å². The first-order valence-corrected chi connectivity index (χ1v) is 31.3. The smallest absolute Gasteiger partial charge is 0.305 e. The molecule has 0 aliphatic rings. The molecule has 0 fully saturated rings. The summed E-state index contributed by atoms with van der Waals surface area (Å²) in [6.07, 6.45) is 74.7. The molecule has 6 heteroatoms. The van der Waals surface area contributed by atoms with Crippen LogP contribution in [0.1, 0.15) is 335 Å². The van der Waals surface area contributed by atoms with Crippen molar-refractivity contribution in [3.8, 4) is 0 Å². The zero-order chi connectivity index (χ0) is 50.7. The number of carbonyl (C=O) groups excluding carboxylic acids is 2. The van der Waals surface area contributed by atoms with E-state index in [2.05, 4.69) is 43.5 Å². The van der Waals surface area contributed by atoms with Crippen molar-refractivity contribution in [1.82, 2.24) is 5.32 Å². The summed E-state index contributed by atoms with van der Waals surface area (Å²) in [5.74, 6) is -0.0610. The first-order chi connectivity index (χ1) is 34.5. The maximum Gasteiger partial charge on any atom is 0.305 e. The highest BCUT2D eigenvalue weighted by Crippen LogP contribution is 2.17. The Morgan fingerprint density at radius 3 is 1.11 bits per heavy atom. The first kappa shape index (κ1) is 68.1. The molecule has 0 aromatic rings. The van der Waals surface area contributed by atoms with Gasteiger partial charge in [0.1, 0.15) is 0 Å². The Labute approximate surface area is 436 Å². The van der Waals surface area contributed by atoms with E-state index in [0.29, 0.717) is 19.4 Å². The number of carbonyl (C=O) groups is 2. The number of hydrogen-bond acceptors (Lipinski definition) is 5. The zero-order valence-electron chi connectivity index (χ0n) is 47.0. The third-order valence-electron chi connectivity index (χ3n) is 14.4. The molecule has 70 heavy (non-hydrogen) atoms. The Balaban J connectivity index is 3.38. The van der Waals surface area contributed by atoms with Crippen molar-refractivity contribution in [3.05, 3.63) is 36.5 Å². The molecule has 0 aliphatic heterocycles. The quantitative estimate of drug-likeness (QED) is 0.0321. The van der Waals surface area contributed by atoms with Crippen LogP contribution >= 0.6 is 0 Å². The molecular weight excluding hydrogens is 863 g/mol. The average molecular weight is 985 g/mol. The van der Waals surface area contributed by atoms with Gasteiger partial charge in [-0.05, 0) is 64.2 Å². The van der Waals surface area contributed by atoms with Gasteiger partial charge >= 0.3 is 5.97 Å². The number of hydrogen-bond donors (Lipinski definition) is 3. The molecule has 0 saturated carbocycles. The van der Waals surface area contributed by atoms with Crippen molar-refractivity contribution in [1.29, 1.82) is 0 Å². The van der Waals surface area contributed by atoms with E-state index in [9.17, 15) is 19.8 Å². The fourth-order valence-corrected chi connectivity index (χ4v) is 9.61. The van der Waals surface area contributed by atoms with E-state index in [1.807, 2.05) is 6.08 Å². The van der Waals surface area contributed by atoms with E-state index in [1.165, 1.54) is 257 Å². The van der Waals surface area contributed by atoms with Gasteiger partial charge in [0, 0.05) is 12.8 Å². The molecule has 0 radical (unpaired) electrons. The molecule has 0 heterocycles. The second-order valence-electron chi connectivity index (χ2n) is 21.4. The highest BCUT2D eigenvalue weighted by Gasteiger charge is 2.18. The molecule has 0 aliphatic carbocycles. The largest absolute Gasteiger partial charge is 0.466 e. The van der Waals surface area contributed by atoms with Crippen LogP contribution in [0.25, 0.3) is 0 Å². The van der Waals surface area contributed by atoms with E-state index >= 15 is 0 Å². The van der Waals surface area contributed by atoms with Gasteiger partial charge in [-0.2, -0.15) is 0 Å². The summed E-state index contributed by atoms with van der Waals surface area (Å²) < 4.78 is 5.49. The van der Waals surface area contributed by atoms with Gasteiger partial charge in [-0.1, -0.05) is 294 Å². The summed E-state index contributed by atoms with van der Waals surface area (Å²) in [6, 6.07) is -0.627. The van der Waals surface area contributed by atoms with Gasteiger partial charge in [0.25, 0.3) is 0 Å². The van der Waals surface area contributed by atoms with Crippen LogP contribution in [-0.2, 0) is 14.3 Å². The lowest BCUT2D eigenvalue weighted by Gasteiger charge is -2.20. The third-order valence-corrected chi connectivity index (χ3v) is 14.4. The van der Waals surface area contributed by atoms with Crippen molar-refractivity contribution in [2.45, 2.75) is 347 Å². The van der Waals surface area contributed by atoms with E-state index in [0.717, 1.165) is 51.4 Å². The van der Waals surface area contributed by atoms with Crippen molar-refractivity contribution < 1.29 is 24.5 Å². The van der Waals surface area contributed by atoms with Crippen molar-refractivity contribution >= 4 is 11.9 Å². The van der Waals surface area contributed by atoms with E-state index in [1.54, 1.807) is 6.08 Å². The summed E-state index contributed by atoms with van der Waals surface area (Å²) in [7, 11) is 0. The Kier molecular flexibility index (Phi) is 58.0. The SMILES string of the molecule is CCCCC/C=C\C/C=C\CCCCCCCCCC(=O)OCCCCCCCCCCCCCCCCCCCCCCCCCC(=O)NC(CO)C(O)/C=C/CCCCCCCCCCCCC. The molecule has 0 spiro atoms. The number of allylic oxidation sites excluding steroid dienone is 5. The molecule has 0 bridgehead atoms. The minimum absolute atomic E-state index is 0.00611. The van der Waals surface area contributed by atoms with Crippen molar-refractivity contribution in [2.75, 3.05) is 13.2 Å². The summed E-state index contributed by atoms with van der Waals surface area (Å²) >= 11 is 0. The van der Waals surface area contributed by atoms with Gasteiger partial charge in [-0.25, -0.2) is 0 Å². The summed E-state index contributed by atoms with van der Waals surface area (Å²) in [4.78, 5) is 24.5. The number of aliphatic hydroxyl groups is 2. The molecule has 3 N–H and O–H groups in total. The Morgan fingerprint density at radius 1 is 0.400 bits per heavy atom. The Morgan fingerprint density at radius 2 is 0.714 bits per heavy atom. The number of rotatable bonds is 58. The first-order valence-electron chi connectivity index (χ1n) is 31.3. The molecular formula is C64H121NO5.